The van der Waals surface area contributed by atoms with Crippen LogP contribution in [0, 0.1) is 11.3 Å². The molecule has 4 rings (SSSR count). The zero-order valence-corrected chi connectivity index (χ0v) is 14.4. The maximum atomic E-state index is 12.9. The molecule has 1 amide bonds. The SMILES string of the molecule is Cl.O=C(Nc1ccc(-n2cccn2)cc1)[C@@]12CCCC[C@H]1CNC2. The molecule has 6 heteroatoms. The summed E-state index contributed by atoms with van der Waals surface area (Å²) in [6.07, 6.45) is 8.23. The van der Waals surface area contributed by atoms with Crippen molar-refractivity contribution in [3.63, 3.8) is 0 Å². The number of carbonyl (C=O) groups is 1. The van der Waals surface area contributed by atoms with E-state index in [4.69, 9.17) is 0 Å². The van der Waals surface area contributed by atoms with Gasteiger partial charge in [0, 0.05) is 24.6 Å². The van der Waals surface area contributed by atoms with Crippen LogP contribution < -0.4 is 10.6 Å². The van der Waals surface area contributed by atoms with Crippen molar-refractivity contribution in [3.8, 4) is 5.69 Å². The van der Waals surface area contributed by atoms with Gasteiger partial charge in [-0.3, -0.25) is 4.79 Å². The van der Waals surface area contributed by atoms with Gasteiger partial charge in [-0.2, -0.15) is 5.10 Å². The molecule has 2 aromatic rings. The Hall–Kier alpha value is -1.85. The summed E-state index contributed by atoms with van der Waals surface area (Å²) >= 11 is 0. The van der Waals surface area contributed by atoms with Crippen molar-refractivity contribution in [1.82, 2.24) is 15.1 Å². The number of rotatable bonds is 3. The fraction of sp³-hybridized carbons (Fsp3) is 0.444. The van der Waals surface area contributed by atoms with E-state index in [2.05, 4.69) is 15.7 Å². The lowest BCUT2D eigenvalue weighted by Gasteiger charge is -2.37. The van der Waals surface area contributed by atoms with Gasteiger partial charge in [-0.15, -0.1) is 12.4 Å². The summed E-state index contributed by atoms with van der Waals surface area (Å²) in [5, 5.41) is 10.8. The molecule has 0 bridgehead atoms. The monoisotopic (exact) mass is 346 g/mol. The van der Waals surface area contributed by atoms with E-state index in [9.17, 15) is 4.79 Å². The molecule has 2 atom stereocenters. The quantitative estimate of drug-likeness (QED) is 0.898. The number of nitrogens with one attached hydrogen (secondary N) is 2. The highest BCUT2D eigenvalue weighted by atomic mass is 35.5. The molecule has 1 saturated carbocycles. The van der Waals surface area contributed by atoms with Crippen LogP contribution in [0.4, 0.5) is 5.69 Å². The van der Waals surface area contributed by atoms with Gasteiger partial charge in [-0.05, 0) is 55.6 Å². The Kier molecular flexibility index (Phi) is 4.92. The summed E-state index contributed by atoms with van der Waals surface area (Å²) in [4.78, 5) is 12.9. The van der Waals surface area contributed by atoms with Gasteiger partial charge in [0.2, 0.25) is 5.91 Å². The number of fused-ring (bicyclic) bond motifs is 1. The second-order valence-electron chi connectivity index (χ2n) is 6.68. The number of hydrogen-bond acceptors (Lipinski definition) is 3. The van der Waals surface area contributed by atoms with E-state index in [0.717, 1.165) is 37.3 Å². The number of amides is 1. The highest BCUT2D eigenvalue weighted by Gasteiger charge is 2.49. The third-order valence-corrected chi connectivity index (χ3v) is 5.38. The summed E-state index contributed by atoms with van der Waals surface area (Å²) in [6.45, 7) is 1.79. The van der Waals surface area contributed by atoms with Crippen LogP contribution in [-0.4, -0.2) is 28.8 Å². The molecule has 2 heterocycles. The number of halogens is 1. The zero-order valence-electron chi connectivity index (χ0n) is 13.6. The summed E-state index contributed by atoms with van der Waals surface area (Å²) in [5.41, 5.74) is 1.64. The number of carbonyl (C=O) groups excluding carboxylic acids is 1. The highest BCUT2D eigenvalue weighted by molar-refractivity contribution is 5.96. The first-order valence-corrected chi connectivity index (χ1v) is 8.40. The number of anilines is 1. The molecule has 1 aliphatic heterocycles. The molecular weight excluding hydrogens is 324 g/mol. The minimum atomic E-state index is -0.209. The molecular formula is C18H23ClN4O. The molecule has 24 heavy (non-hydrogen) atoms. The Bertz CT molecular complexity index is 686. The van der Waals surface area contributed by atoms with Crippen LogP contribution >= 0.6 is 12.4 Å². The molecule has 1 saturated heterocycles. The predicted molar refractivity (Wildman–Crippen MR) is 96.7 cm³/mol. The Morgan fingerprint density at radius 1 is 1.29 bits per heavy atom. The molecule has 1 aromatic carbocycles. The Balaban J connectivity index is 0.00000169. The van der Waals surface area contributed by atoms with E-state index in [-0.39, 0.29) is 23.7 Å². The molecule has 1 aromatic heterocycles. The summed E-state index contributed by atoms with van der Waals surface area (Å²) in [5.74, 6) is 0.665. The standard InChI is InChI=1S/C18H22N4O.ClH/c23-17(18-9-2-1-4-14(18)12-19-13-18)21-15-5-7-16(8-6-15)22-11-3-10-20-22;/h3,5-8,10-11,14,19H,1-2,4,9,12-13H2,(H,21,23);1H/t14-,18+;/m0./s1. The second-order valence-corrected chi connectivity index (χ2v) is 6.68. The molecule has 1 aliphatic carbocycles. The molecule has 128 valence electrons. The third kappa shape index (κ3) is 2.94. The minimum absolute atomic E-state index is 0. The lowest BCUT2D eigenvalue weighted by atomic mass is 9.67. The first-order valence-electron chi connectivity index (χ1n) is 8.40. The number of hydrogen-bond donors (Lipinski definition) is 2. The number of aromatic nitrogens is 2. The van der Waals surface area contributed by atoms with Gasteiger partial charge in [0.25, 0.3) is 0 Å². The van der Waals surface area contributed by atoms with Gasteiger partial charge < -0.3 is 10.6 Å². The topological polar surface area (TPSA) is 59.0 Å². The first-order chi connectivity index (χ1) is 11.3. The van der Waals surface area contributed by atoms with Crippen molar-refractivity contribution in [3.05, 3.63) is 42.7 Å². The molecule has 0 unspecified atom stereocenters. The van der Waals surface area contributed by atoms with Gasteiger partial charge in [-0.25, -0.2) is 4.68 Å². The molecule has 2 fully saturated rings. The Labute approximate surface area is 148 Å². The van der Waals surface area contributed by atoms with Crippen LogP contribution in [0.5, 0.6) is 0 Å². The molecule has 2 N–H and O–H groups in total. The van der Waals surface area contributed by atoms with E-state index in [0.29, 0.717) is 5.92 Å². The lowest BCUT2D eigenvalue weighted by Crippen LogP contribution is -2.44. The number of nitrogens with zero attached hydrogens (tertiary/aromatic N) is 2. The van der Waals surface area contributed by atoms with Gasteiger partial charge >= 0.3 is 0 Å². The highest BCUT2D eigenvalue weighted by Crippen LogP contribution is 2.44. The van der Waals surface area contributed by atoms with Crippen molar-refractivity contribution in [2.24, 2.45) is 11.3 Å². The van der Waals surface area contributed by atoms with Crippen molar-refractivity contribution in [2.45, 2.75) is 25.7 Å². The van der Waals surface area contributed by atoms with Crippen LogP contribution in [-0.2, 0) is 4.79 Å². The first kappa shape index (κ1) is 17.0. The summed E-state index contributed by atoms with van der Waals surface area (Å²) in [6, 6.07) is 9.75. The maximum absolute atomic E-state index is 12.9. The average molecular weight is 347 g/mol. The van der Waals surface area contributed by atoms with Crippen molar-refractivity contribution in [1.29, 1.82) is 0 Å². The van der Waals surface area contributed by atoms with Crippen molar-refractivity contribution >= 4 is 24.0 Å². The zero-order chi connectivity index (χ0) is 15.7. The van der Waals surface area contributed by atoms with E-state index >= 15 is 0 Å². The lowest BCUT2D eigenvalue weighted by molar-refractivity contribution is -0.128. The average Bonchev–Trinajstić information content (AvgIpc) is 3.25. The Morgan fingerprint density at radius 3 is 2.88 bits per heavy atom. The van der Waals surface area contributed by atoms with Gasteiger partial charge in [0.15, 0.2) is 0 Å². The van der Waals surface area contributed by atoms with E-state index < -0.39 is 0 Å². The van der Waals surface area contributed by atoms with E-state index in [1.54, 1.807) is 6.20 Å². The van der Waals surface area contributed by atoms with Gasteiger partial charge in [0.05, 0.1) is 11.1 Å². The summed E-state index contributed by atoms with van der Waals surface area (Å²) < 4.78 is 1.81. The fourth-order valence-corrected chi connectivity index (χ4v) is 4.07. The molecule has 2 aliphatic rings. The second kappa shape index (κ2) is 6.95. The number of benzene rings is 1. The smallest absolute Gasteiger partial charge is 0.232 e. The van der Waals surface area contributed by atoms with Crippen LogP contribution in [0.1, 0.15) is 25.7 Å². The molecule has 0 spiro atoms. The van der Waals surface area contributed by atoms with E-state index in [1.165, 1.54) is 12.8 Å². The van der Waals surface area contributed by atoms with Gasteiger partial charge in [-0.1, -0.05) is 12.8 Å². The maximum Gasteiger partial charge on any atom is 0.232 e. The predicted octanol–water partition coefficient (Wildman–Crippen LogP) is 3.01. The molecule has 5 nitrogen and oxygen atoms in total. The van der Waals surface area contributed by atoms with Crippen LogP contribution in [0.15, 0.2) is 42.7 Å². The molecule has 0 radical (unpaired) electrons. The van der Waals surface area contributed by atoms with Crippen molar-refractivity contribution < 1.29 is 4.79 Å². The van der Waals surface area contributed by atoms with E-state index in [1.807, 2.05) is 41.2 Å². The van der Waals surface area contributed by atoms with Gasteiger partial charge in [0.1, 0.15) is 0 Å². The minimum Gasteiger partial charge on any atom is -0.326 e. The van der Waals surface area contributed by atoms with Crippen LogP contribution in [0.25, 0.3) is 5.69 Å². The normalized spacial score (nSPS) is 25.6. The van der Waals surface area contributed by atoms with Crippen LogP contribution in [0.3, 0.4) is 0 Å². The largest absolute Gasteiger partial charge is 0.326 e. The summed E-state index contributed by atoms with van der Waals surface area (Å²) in [7, 11) is 0. The van der Waals surface area contributed by atoms with Crippen molar-refractivity contribution in [2.75, 3.05) is 18.4 Å². The third-order valence-electron chi connectivity index (χ3n) is 5.38. The Morgan fingerprint density at radius 2 is 2.12 bits per heavy atom. The fourth-order valence-electron chi connectivity index (χ4n) is 4.07. The van der Waals surface area contributed by atoms with Crippen LogP contribution in [0.2, 0.25) is 0 Å².